The van der Waals surface area contributed by atoms with Crippen LogP contribution in [-0.4, -0.2) is 68.6 Å². The van der Waals surface area contributed by atoms with E-state index in [1.54, 1.807) is 6.92 Å². The van der Waals surface area contributed by atoms with Gasteiger partial charge in [0.25, 0.3) is 0 Å². The normalized spacial score (nSPS) is 42.2. The van der Waals surface area contributed by atoms with Crippen molar-refractivity contribution >= 4 is 12.4 Å². The third-order valence-corrected chi connectivity index (χ3v) is 3.88. The van der Waals surface area contributed by atoms with Crippen molar-refractivity contribution in [2.45, 2.75) is 63.3 Å². The molecule has 22 heavy (non-hydrogen) atoms. The van der Waals surface area contributed by atoms with Crippen molar-refractivity contribution in [3.8, 4) is 0 Å². The molecule has 0 saturated carbocycles. The van der Waals surface area contributed by atoms with Crippen LogP contribution in [-0.2, 0) is 33.2 Å². The third-order valence-electron chi connectivity index (χ3n) is 3.88. The lowest BCUT2D eigenvalue weighted by atomic mass is 10.0. The highest BCUT2D eigenvalue weighted by atomic mass is 16.8. The first-order chi connectivity index (χ1) is 10.5. The van der Waals surface area contributed by atoms with Gasteiger partial charge in [-0.05, 0) is 20.8 Å². The molecule has 0 aromatic carbocycles. The fourth-order valence-corrected chi connectivity index (χ4v) is 3.06. The van der Waals surface area contributed by atoms with E-state index >= 15 is 0 Å². The molecule has 8 heteroatoms. The van der Waals surface area contributed by atoms with Crippen LogP contribution in [0.3, 0.4) is 0 Å². The minimum atomic E-state index is -0.770. The van der Waals surface area contributed by atoms with Gasteiger partial charge in [0.15, 0.2) is 30.6 Å². The number of hydrogen-bond acceptors (Lipinski definition) is 8. The van der Waals surface area contributed by atoms with E-state index in [4.69, 9.17) is 28.4 Å². The van der Waals surface area contributed by atoms with E-state index in [1.807, 2.05) is 13.8 Å². The summed E-state index contributed by atoms with van der Waals surface area (Å²) in [7, 11) is 1.54. The number of esters is 1. The first kappa shape index (κ1) is 15.7. The number of carbonyl (C=O) groups is 1. The highest BCUT2D eigenvalue weighted by Crippen LogP contribution is 2.41. The van der Waals surface area contributed by atoms with E-state index in [9.17, 15) is 4.79 Å². The molecular weight excluding hydrogens is 294 g/mol. The molecule has 3 aliphatic heterocycles. The van der Waals surface area contributed by atoms with Gasteiger partial charge in [-0.1, -0.05) is 0 Å². The Hall–Kier alpha value is -1.22. The van der Waals surface area contributed by atoms with Gasteiger partial charge in [0, 0.05) is 7.11 Å². The highest BCUT2D eigenvalue weighted by Gasteiger charge is 2.60. The summed E-state index contributed by atoms with van der Waals surface area (Å²) in [6.07, 6.45) is -1.26. The Labute approximate surface area is 128 Å². The minimum absolute atomic E-state index is 0.280. The first-order valence-electron chi connectivity index (χ1n) is 7.34. The van der Waals surface area contributed by atoms with Gasteiger partial charge in [-0.3, -0.25) is 0 Å². The Balaban J connectivity index is 1.78. The van der Waals surface area contributed by atoms with E-state index in [1.165, 1.54) is 13.5 Å². The van der Waals surface area contributed by atoms with Gasteiger partial charge >= 0.3 is 5.97 Å². The first-order valence-corrected chi connectivity index (χ1v) is 7.34. The molecule has 0 radical (unpaired) electrons. The van der Waals surface area contributed by atoms with Crippen molar-refractivity contribution in [3.05, 3.63) is 0 Å². The third kappa shape index (κ3) is 2.60. The zero-order chi connectivity index (χ0) is 15.9. The minimum Gasteiger partial charge on any atom is -0.475 e. The molecule has 2 saturated heterocycles. The van der Waals surface area contributed by atoms with E-state index in [2.05, 4.69) is 4.99 Å². The quantitative estimate of drug-likeness (QED) is 0.687. The summed E-state index contributed by atoms with van der Waals surface area (Å²) in [6, 6.07) is -0.770. The lowest BCUT2D eigenvalue weighted by Crippen LogP contribution is -2.46. The molecule has 3 rings (SSSR count). The van der Waals surface area contributed by atoms with Crippen molar-refractivity contribution in [1.29, 1.82) is 0 Å². The zero-order valence-electron chi connectivity index (χ0n) is 13.1. The molecule has 0 amide bonds. The van der Waals surface area contributed by atoms with Crippen molar-refractivity contribution in [2.75, 3.05) is 13.7 Å². The summed E-state index contributed by atoms with van der Waals surface area (Å²) in [5.74, 6) is -1.19. The van der Waals surface area contributed by atoms with Crippen LogP contribution in [0.5, 0.6) is 0 Å². The number of nitrogens with zero attached hydrogens (tertiary/aromatic N) is 1. The largest absolute Gasteiger partial charge is 0.475 e. The molecule has 0 N–H and O–H groups in total. The fraction of sp³-hybridized carbons (Fsp3) is 0.857. The molecular formula is C14H21NO7. The van der Waals surface area contributed by atoms with Crippen LogP contribution in [0.15, 0.2) is 4.99 Å². The Morgan fingerprint density at radius 3 is 2.64 bits per heavy atom. The van der Waals surface area contributed by atoms with Crippen molar-refractivity contribution in [1.82, 2.24) is 0 Å². The monoisotopic (exact) mass is 315 g/mol. The highest BCUT2D eigenvalue weighted by molar-refractivity contribution is 5.80. The van der Waals surface area contributed by atoms with Crippen LogP contribution in [0.4, 0.5) is 0 Å². The molecule has 8 nitrogen and oxygen atoms in total. The number of ether oxygens (including phenoxy) is 6. The molecule has 0 bridgehead atoms. The smallest absolute Gasteiger partial charge is 0.334 e. The number of fused-ring (bicyclic) bond motifs is 1. The van der Waals surface area contributed by atoms with E-state index in [0.717, 1.165) is 0 Å². The Morgan fingerprint density at radius 1 is 1.23 bits per heavy atom. The predicted molar refractivity (Wildman–Crippen MR) is 73.3 cm³/mol. The summed E-state index contributed by atoms with van der Waals surface area (Å²) in [5, 5.41) is 0. The van der Waals surface area contributed by atoms with E-state index in [0.29, 0.717) is 0 Å². The second-order valence-corrected chi connectivity index (χ2v) is 5.82. The number of aliphatic imine (C=N–C) groups is 1. The number of hydrogen-bond donors (Lipinski definition) is 0. The van der Waals surface area contributed by atoms with Gasteiger partial charge in [0.05, 0.1) is 6.61 Å². The molecule has 0 aromatic rings. The Kier molecular flexibility index (Phi) is 4.11. The van der Waals surface area contributed by atoms with Crippen molar-refractivity contribution < 1.29 is 33.2 Å². The molecule has 3 aliphatic rings. The number of rotatable bonds is 4. The Bertz CT molecular complexity index is 466. The summed E-state index contributed by atoms with van der Waals surface area (Å²) in [4.78, 5) is 16.1. The number of carbonyl (C=O) groups excluding carboxylic acids is 1. The molecule has 2 fully saturated rings. The number of methoxy groups -OCH3 is 1. The average Bonchev–Trinajstić information content (AvgIpc) is 3.11. The van der Waals surface area contributed by atoms with E-state index in [-0.39, 0.29) is 12.7 Å². The van der Waals surface area contributed by atoms with Crippen LogP contribution < -0.4 is 0 Å². The summed E-state index contributed by atoms with van der Waals surface area (Å²) in [5.41, 5.74) is 0. The maximum absolute atomic E-state index is 12.0. The lowest BCUT2D eigenvalue weighted by molar-refractivity contribution is -0.236. The van der Waals surface area contributed by atoms with Crippen LogP contribution in [0, 0.1) is 0 Å². The molecule has 0 aliphatic carbocycles. The van der Waals surface area contributed by atoms with Crippen LogP contribution in [0.25, 0.3) is 0 Å². The van der Waals surface area contributed by atoms with E-state index < -0.39 is 42.4 Å². The van der Waals surface area contributed by atoms with Gasteiger partial charge < -0.3 is 28.4 Å². The summed E-state index contributed by atoms with van der Waals surface area (Å²) in [6.45, 7) is 5.67. The Morgan fingerprint density at radius 2 is 1.95 bits per heavy atom. The summed E-state index contributed by atoms with van der Waals surface area (Å²) >= 11 is 0. The second-order valence-electron chi connectivity index (χ2n) is 5.82. The van der Waals surface area contributed by atoms with Gasteiger partial charge in [-0.15, -0.1) is 0 Å². The molecule has 0 aromatic heterocycles. The topological polar surface area (TPSA) is 84.8 Å². The average molecular weight is 315 g/mol. The maximum atomic E-state index is 12.0. The van der Waals surface area contributed by atoms with Crippen molar-refractivity contribution in [2.24, 2.45) is 4.99 Å². The predicted octanol–water partition coefficient (Wildman–Crippen LogP) is 0.237. The zero-order valence-corrected chi connectivity index (χ0v) is 13.1. The van der Waals surface area contributed by atoms with Gasteiger partial charge in [-0.25, -0.2) is 9.79 Å². The van der Waals surface area contributed by atoms with Gasteiger partial charge in [-0.2, -0.15) is 0 Å². The van der Waals surface area contributed by atoms with Crippen LogP contribution in [0.1, 0.15) is 20.8 Å². The van der Waals surface area contributed by atoms with Crippen LogP contribution in [0.2, 0.25) is 0 Å². The fourth-order valence-electron chi connectivity index (χ4n) is 3.06. The molecule has 6 atom stereocenters. The second kappa shape index (κ2) is 5.77. The molecule has 3 heterocycles. The SMILES string of the molecule is CCOC(=O)[C@@H]1N=CO[C@H]1[C@H]1O[C@@H](OC)[C@@H]2OC(C)(C)O[C@H]12. The van der Waals surface area contributed by atoms with Crippen molar-refractivity contribution in [3.63, 3.8) is 0 Å². The van der Waals surface area contributed by atoms with Gasteiger partial charge in [0.2, 0.25) is 0 Å². The van der Waals surface area contributed by atoms with Crippen LogP contribution >= 0.6 is 0 Å². The van der Waals surface area contributed by atoms with Gasteiger partial charge in [0.1, 0.15) is 18.3 Å². The standard InChI is InChI=1S/C14H21NO7/c1-5-18-12(16)7-8(19-6-15-7)9-10-11(13(17-4)20-9)22-14(2,3)21-10/h6-11,13H,5H2,1-4H3/t7-,8-,9-,10-,11-,13-/m1/s1. The summed E-state index contributed by atoms with van der Waals surface area (Å²) < 4.78 is 33.4. The molecule has 124 valence electrons. The lowest BCUT2D eigenvalue weighted by Gasteiger charge is -2.27. The molecule has 0 spiro atoms. The molecule has 0 unspecified atom stereocenters. The maximum Gasteiger partial charge on any atom is 0.334 e.